The maximum absolute atomic E-state index is 11.5. The van der Waals surface area contributed by atoms with E-state index < -0.39 is 6.03 Å². The standard InChI is InChI=1S/C12H24N4O2.ClH/c1-13-8-10-4-3-6-16(9-10)7-5-11(17)15-12(18)14-2;/h10,13H,3-9H2,1-2H3,(H2,14,15,17,18);1H. The highest BCUT2D eigenvalue weighted by molar-refractivity contribution is 5.94. The summed E-state index contributed by atoms with van der Waals surface area (Å²) >= 11 is 0. The molecule has 3 N–H and O–H groups in total. The van der Waals surface area contributed by atoms with Crippen LogP contribution in [0.2, 0.25) is 0 Å². The highest BCUT2D eigenvalue weighted by Crippen LogP contribution is 2.15. The van der Waals surface area contributed by atoms with Crippen molar-refractivity contribution in [2.24, 2.45) is 5.92 Å². The molecule has 1 rings (SSSR count). The molecule has 1 atom stereocenters. The third kappa shape index (κ3) is 7.34. The molecule has 112 valence electrons. The van der Waals surface area contributed by atoms with Crippen LogP contribution in [-0.4, -0.2) is 57.1 Å². The molecule has 0 spiro atoms. The van der Waals surface area contributed by atoms with Crippen molar-refractivity contribution in [3.05, 3.63) is 0 Å². The van der Waals surface area contributed by atoms with E-state index in [0.29, 0.717) is 12.3 Å². The Hall–Kier alpha value is -0.850. The number of carbonyl (C=O) groups is 2. The summed E-state index contributed by atoms with van der Waals surface area (Å²) in [5, 5.41) is 7.84. The van der Waals surface area contributed by atoms with Gasteiger partial charge >= 0.3 is 6.03 Å². The first-order chi connectivity index (χ1) is 8.65. The molecule has 0 aliphatic carbocycles. The molecule has 3 amide bonds. The van der Waals surface area contributed by atoms with E-state index in [0.717, 1.165) is 26.2 Å². The summed E-state index contributed by atoms with van der Waals surface area (Å²) in [6, 6.07) is -0.438. The Labute approximate surface area is 121 Å². The van der Waals surface area contributed by atoms with Crippen molar-refractivity contribution in [1.29, 1.82) is 0 Å². The number of nitrogens with zero attached hydrogens (tertiary/aromatic N) is 1. The van der Waals surface area contributed by atoms with Crippen molar-refractivity contribution in [2.75, 3.05) is 40.3 Å². The normalized spacial score (nSPS) is 19.4. The Morgan fingerprint density at radius 1 is 1.32 bits per heavy atom. The van der Waals surface area contributed by atoms with Gasteiger partial charge in [-0.2, -0.15) is 0 Å². The summed E-state index contributed by atoms with van der Waals surface area (Å²) in [6.07, 6.45) is 2.81. The van der Waals surface area contributed by atoms with Gasteiger partial charge in [-0.3, -0.25) is 10.1 Å². The van der Waals surface area contributed by atoms with Crippen molar-refractivity contribution in [3.63, 3.8) is 0 Å². The first kappa shape index (κ1) is 18.1. The lowest BCUT2D eigenvalue weighted by molar-refractivity contribution is -0.120. The Balaban J connectivity index is 0.00000324. The van der Waals surface area contributed by atoms with E-state index in [1.807, 2.05) is 7.05 Å². The number of hydrogen-bond acceptors (Lipinski definition) is 4. The van der Waals surface area contributed by atoms with E-state index in [-0.39, 0.29) is 18.3 Å². The molecule has 0 bridgehead atoms. The fourth-order valence-corrected chi connectivity index (χ4v) is 2.32. The minimum Gasteiger partial charge on any atom is -0.341 e. The van der Waals surface area contributed by atoms with Crippen LogP contribution in [0, 0.1) is 5.92 Å². The Morgan fingerprint density at radius 2 is 2.05 bits per heavy atom. The number of rotatable bonds is 5. The second-order valence-corrected chi connectivity index (χ2v) is 4.74. The zero-order chi connectivity index (χ0) is 13.4. The van der Waals surface area contributed by atoms with Crippen molar-refractivity contribution >= 4 is 24.3 Å². The van der Waals surface area contributed by atoms with E-state index >= 15 is 0 Å². The number of urea groups is 1. The highest BCUT2D eigenvalue weighted by Gasteiger charge is 2.19. The van der Waals surface area contributed by atoms with Gasteiger partial charge in [0.1, 0.15) is 0 Å². The van der Waals surface area contributed by atoms with Crippen LogP contribution in [0.15, 0.2) is 0 Å². The average molecular weight is 293 g/mol. The van der Waals surface area contributed by atoms with Crippen LogP contribution in [-0.2, 0) is 4.79 Å². The molecule has 19 heavy (non-hydrogen) atoms. The second kappa shape index (κ2) is 10.00. The van der Waals surface area contributed by atoms with E-state index in [1.165, 1.54) is 19.9 Å². The number of carbonyl (C=O) groups excluding carboxylic acids is 2. The maximum atomic E-state index is 11.5. The van der Waals surface area contributed by atoms with E-state index in [1.54, 1.807) is 0 Å². The van der Waals surface area contributed by atoms with Gasteiger partial charge in [0.05, 0.1) is 0 Å². The van der Waals surface area contributed by atoms with Gasteiger partial charge in [-0.15, -0.1) is 12.4 Å². The molecule has 0 aromatic rings. The second-order valence-electron chi connectivity index (χ2n) is 4.74. The first-order valence-electron chi connectivity index (χ1n) is 6.54. The molecule has 1 saturated heterocycles. The summed E-state index contributed by atoms with van der Waals surface area (Å²) < 4.78 is 0. The van der Waals surface area contributed by atoms with E-state index in [2.05, 4.69) is 20.9 Å². The number of nitrogens with one attached hydrogen (secondary N) is 3. The number of halogens is 1. The van der Waals surface area contributed by atoms with Gasteiger partial charge in [0.2, 0.25) is 5.91 Å². The molecule has 1 aliphatic rings. The van der Waals surface area contributed by atoms with Gasteiger partial charge in [0, 0.05) is 26.6 Å². The molecular formula is C12H25ClN4O2. The fourth-order valence-electron chi connectivity index (χ4n) is 2.32. The van der Waals surface area contributed by atoms with Crippen LogP contribution >= 0.6 is 12.4 Å². The van der Waals surface area contributed by atoms with Crippen LogP contribution in [0.5, 0.6) is 0 Å². The van der Waals surface area contributed by atoms with Gasteiger partial charge in [0.15, 0.2) is 0 Å². The zero-order valence-corrected chi connectivity index (χ0v) is 12.5. The Morgan fingerprint density at radius 3 is 2.68 bits per heavy atom. The van der Waals surface area contributed by atoms with Gasteiger partial charge in [-0.1, -0.05) is 0 Å². The summed E-state index contributed by atoms with van der Waals surface area (Å²) in [5.41, 5.74) is 0. The summed E-state index contributed by atoms with van der Waals surface area (Å²) in [6.45, 7) is 3.84. The van der Waals surface area contributed by atoms with Crippen molar-refractivity contribution in [2.45, 2.75) is 19.3 Å². The van der Waals surface area contributed by atoms with Gasteiger partial charge in [0.25, 0.3) is 0 Å². The molecular weight excluding hydrogens is 268 g/mol. The first-order valence-corrected chi connectivity index (χ1v) is 6.54. The molecule has 1 fully saturated rings. The third-order valence-corrected chi connectivity index (χ3v) is 3.23. The topological polar surface area (TPSA) is 73.5 Å². The molecule has 0 aromatic carbocycles. The van der Waals surface area contributed by atoms with Crippen molar-refractivity contribution in [3.8, 4) is 0 Å². The monoisotopic (exact) mass is 292 g/mol. The van der Waals surface area contributed by atoms with E-state index in [9.17, 15) is 9.59 Å². The zero-order valence-electron chi connectivity index (χ0n) is 11.7. The minimum atomic E-state index is -0.438. The Bertz CT molecular complexity index is 287. The number of hydrogen-bond donors (Lipinski definition) is 3. The highest BCUT2D eigenvalue weighted by atomic mass is 35.5. The lowest BCUT2D eigenvalue weighted by atomic mass is 9.98. The van der Waals surface area contributed by atoms with E-state index in [4.69, 9.17) is 0 Å². The molecule has 1 aliphatic heterocycles. The Kier molecular flexibility index (Phi) is 9.55. The lowest BCUT2D eigenvalue weighted by Crippen LogP contribution is -2.42. The molecule has 1 heterocycles. The van der Waals surface area contributed by atoms with Crippen LogP contribution < -0.4 is 16.0 Å². The third-order valence-electron chi connectivity index (χ3n) is 3.23. The van der Waals surface area contributed by atoms with Crippen molar-refractivity contribution in [1.82, 2.24) is 20.9 Å². The van der Waals surface area contributed by atoms with Crippen LogP contribution in [0.3, 0.4) is 0 Å². The molecule has 0 saturated carbocycles. The summed E-state index contributed by atoms with van der Waals surface area (Å²) in [7, 11) is 3.46. The van der Waals surface area contributed by atoms with Crippen LogP contribution in [0.25, 0.3) is 0 Å². The summed E-state index contributed by atoms with van der Waals surface area (Å²) in [4.78, 5) is 24.7. The summed E-state index contributed by atoms with van der Waals surface area (Å²) in [5.74, 6) is 0.454. The molecule has 6 nitrogen and oxygen atoms in total. The predicted molar refractivity (Wildman–Crippen MR) is 77.6 cm³/mol. The quantitative estimate of drug-likeness (QED) is 0.676. The SMILES string of the molecule is CNCC1CCCN(CCC(=O)NC(=O)NC)C1.Cl. The fraction of sp³-hybridized carbons (Fsp3) is 0.833. The molecule has 1 unspecified atom stereocenters. The average Bonchev–Trinajstić information content (AvgIpc) is 2.37. The van der Waals surface area contributed by atoms with Gasteiger partial charge < -0.3 is 15.5 Å². The smallest absolute Gasteiger partial charge is 0.321 e. The number of likely N-dealkylation sites (tertiary alicyclic amines) is 1. The predicted octanol–water partition coefficient (Wildman–Crippen LogP) is 0.185. The number of amides is 3. The van der Waals surface area contributed by atoms with Gasteiger partial charge in [-0.05, 0) is 38.9 Å². The molecule has 7 heteroatoms. The molecule has 0 aromatic heterocycles. The maximum Gasteiger partial charge on any atom is 0.321 e. The van der Waals surface area contributed by atoms with Crippen molar-refractivity contribution < 1.29 is 9.59 Å². The largest absolute Gasteiger partial charge is 0.341 e. The molecule has 0 radical (unpaired) electrons. The van der Waals surface area contributed by atoms with Gasteiger partial charge in [-0.25, -0.2) is 4.79 Å². The number of piperidine rings is 1. The van der Waals surface area contributed by atoms with Crippen LogP contribution in [0.4, 0.5) is 4.79 Å². The number of imide groups is 1. The minimum absolute atomic E-state index is 0. The van der Waals surface area contributed by atoms with Crippen LogP contribution in [0.1, 0.15) is 19.3 Å². The lowest BCUT2D eigenvalue weighted by Gasteiger charge is -2.32.